The van der Waals surface area contributed by atoms with Crippen molar-refractivity contribution in [3.05, 3.63) is 35.0 Å². The molecule has 0 atom stereocenters. The third-order valence-electron chi connectivity index (χ3n) is 1.75. The molecule has 12 heavy (non-hydrogen) atoms. The third kappa shape index (κ3) is 1.01. The lowest BCUT2D eigenvalue weighted by Gasteiger charge is -1.90. The largest absolute Gasteiger partial charge is 0.360 e. The van der Waals surface area contributed by atoms with Gasteiger partial charge in [-0.05, 0) is 12.1 Å². The van der Waals surface area contributed by atoms with Crippen LogP contribution >= 0.6 is 11.6 Å². The Balaban J connectivity index is 2.76. The van der Waals surface area contributed by atoms with Gasteiger partial charge in [0, 0.05) is 27.7 Å². The van der Waals surface area contributed by atoms with E-state index in [1.54, 1.807) is 18.2 Å². The maximum atomic E-state index is 10.8. The van der Waals surface area contributed by atoms with Crippen LogP contribution in [0.4, 0.5) is 0 Å². The summed E-state index contributed by atoms with van der Waals surface area (Å²) in [6.07, 6.45) is 0.838. The van der Waals surface area contributed by atoms with E-state index >= 15 is 0 Å². The van der Waals surface area contributed by atoms with Crippen molar-refractivity contribution in [3.63, 3.8) is 0 Å². The van der Waals surface area contributed by atoms with Crippen LogP contribution in [0.25, 0.3) is 10.9 Å². The van der Waals surface area contributed by atoms with Crippen LogP contribution in [0.2, 0.25) is 5.02 Å². The Labute approximate surface area is 75.6 Å². The van der Waals surface area contributed by atoms with Gasteiger partial charge in [0.05, 0.1) is 0 Å². The molecule has 2 aromatic rings. The molecule has 1 N–H and O–H groups in total. The van der Waals surface area contributed by atoms with Gasteiger partial charge in [0.15, 0.2) is 6.26 Å². The number of aldehydes is 1. The van der Waals surface area contributed by atoms with Gasteiger partial charge in [0.25, 0.3) is 0 Å². The molecule has 0 aliphatic rings. The first-order valence-corrected chi connectivity index (χ1v) is 3.84. The highest BCUT2D eigenvalue weighted by Crippen LogP contribution is 2.20. The van der Waals surface area contributed by atoms with Crippen molar-refractivity contribution in [1.29, 1.82) is 0 Å². The average Bonchev–Trinajstić information content (AvgIpc) is 2.46. The standard InChI is InChI=1S/C9H6ClNO/c10-7-1-2-8-6(5-12)4-11-9(8)3-7/h1-5,11H/i5D. The Bertz CT molecular complexity index is 477. The van der Waals surface area contributed by atoms with E-state index in [4.69, 9.17) is 13.0 Å². The molecule has 1 heterocycles. The fourth-order valence-electron chi connectivity index (χ4n) is 1.18. The molecule has 2 nitrogen and oxygen atoms in total. The zero-order valence-corrected chi connectivity index (χ0v) is 6.85. The Morgan fingerprint density at radius 1 is 1.58 bits per heavy atom. The minimum atomic E-state index is -0.687. The quantitative estimate of drug-likeness (QED) is 0.673. The third-order valence-corrected chi connectivity index (χ3v) is 1.99. The average molecular weight is 181 g/mol. The van der Waals surface area contributed by atoms with Crippen LogP contribution in [0.3, 0.4) is 0 Å². The fourth-order valence-corrected chi connectivity index (χ4v) is 1.35. The second-order valence-corrected chi connectivity index (χ2v) is 2.93. The first-order valence-electron chi connectivity index (χ1n) is 3.96. The Hall–Kier alpha value is -1.28. The maximum Gasteiger partial charge on any atom is 0.152 e. The van der Waals surface area contributed by atoms with Crippen molar-refractivity contribution in [2.45, 2.75) is 0 Å². The number of aromatic amines is 1. The number of nitrogens with one attached hydrogen (secondary N) is 1. The van der Waals surface area contributed by atoms with Gasteiger partial charge < -0.3 is 4.98 Å². The zero-order valence-electron chi connectivity index (χ0n) is 7.10. The van der Waals surface area contributed by atoms with E-state index in [0.717, 1.165) is 10.9 Å². The normalized spacial score (nSPS) is 11.6. The predicted octanol–water partition coefficient (Wildman–Crippen LogP) is 2.63. The van der Waals surface area contributed by atoms with Crippen LogP contribution < -0.4 is 0 Å². The number of aromatic nitrogens is 1. The molecule has 2 rings (SSSR count). The first kappa shape index (κ1) is 6.26. The molecule has 0 bridgehead atoms. The highest BCUT2D eigenvalue weighted by Gasteiger charge is 2.01. The fraction of sp³-hybridized carbons (Fsp3) is 0. The zero-order chi connectivity index (χ0) is 9.42. The lowest BCUT2D eigenvalue weighted by molar-refractivity contribution is 0.112. The van der Waals surface area contributed by atoms with Crippen LogP contribution in [-0.4, -0.2) is 11.2 Å². The Morgan fingerprint density at radius 3 is 3.17 bits per heavy atom. The highest BCUT2D eigenvalue weighted by molar-refractivity contribution is 6.31. The summed E-state index contributed by atoms with van der Waals surface area (Å²) in [7, 11) is 0. The number of H-pyrrole nitrogens is 1. The molecule has 0 radical (unpaired) electrons. The van der Waals surface area contributed by atoms with Gasteiger partial charge >= 0.3 is 0 Å². The first-order chi connectivity index (χ1) is 6.18. The minimum absolute atomic E-state index is 0.381. The molecule has 0 saturated heterocycles. The van der Waals surface area contributed by atoms with E-state index in [2.05, 4.69) is 4.98 Å². The molecule has 0 aliphatic carbocycles. The molecular weight excluding hydrogens is 174 g/mol. The van der Waals surface area contributed by atoms with E-state index in [1.807, 2.05) is 0 Å². The second-order valence-electron chi connectivity index (χ2n) is 2.49. The molecule has 0 saturated carbocycles. The van der Waals surface area contributed by atoms with Gasteiger partial charge in [-0.1, -0.05) is 17.7 Å². The molecule has 0 fully saturated rings. The monoisotopic (exact) mass is 180 g/mol. The van der Waals surface area contributed by atoms with E-state index in [-0.39, 0.29) is 0 Å². The van der Waals surface area contributed by atoms with Crippen molar-refractivity contribution in [2.75, 3.05) is 0 Å². The van der Waals surface area contributed by atoms with Crippen LogP contribution in [0.1, 0.15) is 11.7 Å². The Morgan fingerprint density at radius 2 is 2.42 bits per heavy atom. The predicted molar refractivity (Wildman–Crippen MR) is 48.7 cm³/mol. The van der Waals surface area contributed by atoms with Crippen molar-refractivity contribution in [2.24, 2.45) is 0 Å². The Kier molecular flexibility index (Phi) is 1.38. The molecule has 0 amide bonds. The molecule has 0 aliphatic heterocycles. The molecule has 1 aromatic carbocycles. The maximum absolute atomic E-state index is 10.8. The topological polar surface area (TPSA) is 32.9 Å². The van der Waals surface area contributed by atoms with Crippen LogP contribution in [-0.2, 0) is 0 Å². The number of carbonyl (C=O) groups excluding carboxylic acids is 1. The van der Waals surface area contributed by atoms with Gasteiger partial charge in [-0.15, -0.1) is 0 Å². The van der Waals surface area contributed by atoms with Gasteiger partial charge in [-0.2, -0.15) is 0 Å². The van der Waals surface area contributed by atoms with Crippen molar-refractivity contribution < 1.29 is 6.17 Å². The molecular formula is C9H6ClNO. The van der Waals surface area contributed by atoms with Gasteiger partial charge in [-0.3, -0.25) is 4.79 Å². The smallest absolute Gasteiger partial charge is 0.152 e. The van der Waals surface area contributed by atoms with Crippen molar-refractivity contribution in [3.8, 4) is 0 Å². The number of hydrogen-bond donors (Lipinski definition) is 1. The molecule has 0 spiro atoms. The van der Waals surface area contributed by atoms with Crippen molar-refractivity contribution >= 4 is 28.8 Å². The van der Waals surface area contributed by atoms with E-state index < -0.39 is 6.26 Å². The summed E-state index contributed by atoms with van der Waals surface area (Å²) in [4.78, 5) is 13.7. The number of fused-ring (bicyclic) bond motifs is 1. The summed E-state index contributed by atoms with van der Waals surface area (Å²) < 4.78 is 6.98. The molecule has 3 heteroatoms. The summed E-state index contributed by atoms with van der Waals surface area (Å²) in [5.74, 6) is 0. The van der Waals surface area contributed by atoms with Gasteiger partial charge in [0.2, 0.25) is 0 Å². The van der Waals surface area contributed by atoms with E-state index in [0.29, 0.717) is 10.6 Å². The summed E-state index contributed by atoms with van der Waals surface area (Å²) in [6.45, 7) is 0. The number of carbonyl (C=O) groups is 1. The van der Waals surface area contributed by atoms with Gasteiger partial charge in [-0.25, -0.2) is 0 Å². The number of rotatable bonds is 1. The molecule has 1 aromatic heterocycles. The summed E-state index contributed by atoms with van der Waals surface area (Å²) in [5, 5.41) is 1.35. The molecule has 60 valence electrons. The lowest BCUT2D eigenvalue weighted by atomic mass is 10.2. The molecule has 0 unspecified atom stereocenters. The number of halogens is 1. The summed E-state index contributed by atoms with van der Waals surface area (Å²) in [6, 6.07) is 5.16. The summed E-state index contributed by atoms with van der Waals surface area (Å²) >= 11 is 5.76. The van der Waals surface area contributed by atoms with E-state index in [9.17, 15) is 4.79 Å². The van der Waals surface area contributed by atoms with E-state index in [1.165, 1.54) is 6.20 Å². The summed E-state index contributed by atoms with van der Waals surface area (Å²) in [5.41, 5.74) is 1.16. The highest BCUT2D eigenvalue weighted by atomic mass is 35.5. The van der Waals surface area contributed by atoms with Crippen LogP contribution in [0, 0.1) is 0 Å². The second kappa shape index (κ2) is 2.64. The van der Waals surface area contributed by atoms with Gasteiger partial charge in [0.1, 0.15) is 1.37 Å². The van der Waals surface area contributed by atoms with Crippen molar-refractivity contribution in [1.82, 2.24) is 4.98 Å². The number of hydrogen-bond acceptors (Lipinski definition) is 1. The van der Waals surface area contributed by atoms with Crippen LogP contribution in [0.5, 0.6) is 0 Å². The minimum Gasteiger partial charge on any atom is -0.360 e. The SMILES string of the molecule is [2H]C(=O)c1c[nH]c2cc(Cl)ccc12. The lowest BCUT2D eigenvalue weighted by Crippen LogP contribution is -1.73. The number of benzene rings is 1. The van der Waals surface area contributed by atoms with Crippen LogP contribution in [0.15, 0.2) is 24.4 Å².